The highest BCUT2D eigenvalue weighted by molar-refractivity contribution is 5.70. The van der Waals surface area contributed by atoms with E-state index in [-0.39, 0.29) is 0 Å². The van der Waals surface area contributed by atoms with Gasteiger partial charge in [-0.25, -0.2) is 13.6 Å². The molecule has 1 unspecified atom stereocenters. The Kier molecular flexibility index (Phi) is 5.53. The van der Waals surface area contributed by atoms with E-state index in [9.17, 15) is 18.4 Å². The first kappa shape index (κ1) is 17.7. The van der Waals surface area contributed by atoms with E-state index in [1.807, 2.05) is 0 Å². The second-order valence-electron chi connectivity index (χ2n) is 6.53. The first-order valence-electron chi connectivity index (χ1n) is 7.07. The lowest BCUT2D eigenvalue weighted by molar-refractivity contribution is -0.141. The van der Waals surface area contributed by atoms with Crippen molar-refractivity contribution in [3.05, 3.63) is 0 Å². The molecule has 0 bridgehead atoms. The summed E-state index contributed by atoms with van der Waals surface area (Å²) in [6, 6.07) is 0. The second-order valence-corrected chi connectivity index (χ2v) is 6.53. The molecule has 0 aliphatic heterocycles. The molecule has 5 nitrogen and oxygen atoms in total. The van der Waals surface area contributed by atoms with Crippen molar-refractivity contribution in [1.82, 2.24) is 5.32 Å². The number of nitrogens with one attached hydrogen (secondary N) is 1. The fraction of sp³-hybridized carbons (Fsp3) is 0.857. The van der Waals surface area contributed by atoms with Crippen LogP contribution in [0.3, 0.4) is 0 Å². The number of ether oxygens (including phenoxy) is 1. The minimum Gasteiger partial charge on any atom is -0.481 e. The summed E-state index contributed by atoms with van der Waals surface area (Å²) in [6.45, 7) is 5.03. The maximum absolute atomic E-state index is 13.3. The number of hydrogen-bond donors (Lipinski definition) is 2. The lowest BCUT2D eigenvalue weighted by atomic mass is 9.80. The molecule has 21 heavy (non-hydrogen) atoms. The molecular weight excluding hydrogens is 284 g/mol. The molecule has 0 spiro atoms. The summed E-state index contributed by atoms with van der Waals surface area (Å²) < 4.78 is 31.7. The van der Waals surface area contributed by atoms with Gasteiger partial charge in [0, 0.05) is 0 Å². The largest absolute Gasteiger partial charge is 0.481 e. The fourth-order valence-corrected chi connectivity index (χ4v) is 2.82. The smallest absolute Gasteiger partial charge is 0.408 e. The minimum atomic E-state index is -2.81. The van der Waals surface area contributed by atoms with Crippen molar-refractivity contribution in [2.75, 3.05) is 0 Å². The Morgan fingerprint density at radius 2 is 1.81 bits per heavy atom. The Hall–Kier alpha value is -1.40. The molecule has 1 aliphatic carbocycles. The van der Waals surface area contributed by atoms with Gasteiger partial charge in [-0.1, -0.05) is 12.8 Å². The average molecular weight is 307 g/mol. The van der Waals surface area contributed by atoms with Crippen LogP contribution in [0, 0.1) is 5.92 Å². The van der Waals surface area contributed by atoms with Gasteiger partial charge >= 0.3 is 12.1 Å². The van der Waals surface area contributed by atoms with Crippen molar-refractivity contribution in [2.45, 2.75) is 70.4 Å². The number of alkyl halides is 2. The Balaban J connectivity index is 2.90. The molecule has 1 amide bonds. The van der Waals surface area contributed by atoms with E-state index in [0.717, 1.165) is 0 Å². The van der Waals surface area contributed by atoms with Crippen LogP contribution in [0.15, 0.2) is 0 Å². The standard InChI is InChI=1S/C14H23F2NO4/c1-13(2,3)21-12(20)17-14(6-4-5-7-14)9(11(15)16)8-10(18)19/h9,11H,4-8H2,1-3H3,(H,17,20)(H,18,19). The van der Waals surface area contributed by atoms with Gasteiger partial charge in [0.15, 0.2) is 0 Å². The van der Waals surface area contributed by atoms with Crippen LogP contribution in [0.1, 0.15) is 52.9 Å². The van der Waals surface area contributed by atoms with Crippen molar-refractivity contribution in [3.63, 3.8) is 0 Å². The molecule has 122 valence electrons. The number of carboxylic acid groups (broad SMARTS) is 1. The Morgan fingerprint density at radius 3 is 2.19 bits per heavy atom. The molecule has 0 aromatic rings. The highest BCUT2D eigenvalue weighted by Crippen LogP contribution is 2.40. The van der Waals surface area contributed by atoms with Gasteiger partial charge in [0.2, 0.25) is 6.43 Å². The Labute approximate surface area is 123 Å². The quantitative estimate of drug-likeness (QED) is 0.818. The van der Waals surface area contributed by atoms with Crippen LogP contribution in [-0.4, -0.2) is 34.7 Å². The van der Waals surface area contributed by atoms with Crippen molar-refractivity contribution in [2.24, 2.45) is 5.92 Å². The SMILES string of the molecule is CC(C)(C)OC(=O)NC1(C(CC(=O)O)C(F)F)CCCC1. The molecule has 0 heterocycles. The number of carbonyl (C=O) groups excluding carboxylic acids is 1. The highest BCUT2D eigenvalue weighted by Gasteiger charge is 2.48. The van der Waals surface area contributed by atoms with Crippen molar-refractivity contribution < 1.29 is 28.2 Å². The van der Waals surface area contributed by atoms with E-state index in [2.05, 4.69) is 5.32 Å². The second kappa shape index (κ2) is 6.58. The summed E-state index contributed by atoms with van der Waals surface area (Å²) in [5.41, 5.74) is -1.94. The van der Waals surface area contributed by atoms with E-state index in [1.165, 1.54) is 0 Å². The third kappa shape index (κ3) is 5.13. The highest BCUT2D eigenvalue weighted by atomic mass is 19.3. The molecule has 2 N–H and O–H groups in total. The molecule has 0 aromatic carbocycles. The molecule has 1 atom stereocenters. The predicted octanol–water partition coefficient (Wildman–Crippen LogP) is 3.18. The lowest BCUT2D eigenvalue weighted by Gasteiger charge is -2.37. The molecule has 1 fully saturated rings. The molecule has 1 rings (SSSR count). The van der Waals surface area contributed by atoms with Crippen LogP contribution in [-0.2, 0) is 9.53 Å². The average Bonchev–Trinajstić information content (AvgIpc) is 2.71. The molecule has 0 radical (unpaired) electrons. The number of halogens is 2. The predicted molar refractivity (Wildman–Crippen MR) is 72.3 cm³/mol. The molecule has 0 aromatic heterocycles. The fourth-order valence-electron chi connectivity index (χ4n) is 2.82. The number of carbonyl (C=O) groups is 2. The first-order chi connectivity index (χ1) is 9.56. The van der Waals surface area contributed by atoms with E-state index < -0.39 is 42.0 Å². The topological polar surface area (TPSA) is 75.6 Å². The van der Waals surface area contributed by atoms with Gasteiger partial charge in [0.05, 0.1) is 17.9 Å². The van der Waals surface area contributed by atoms with Crippen LogP contribution in [0.25, 0.3) is 0 Å². The lowest BCUT2D eigenvalue weighted by Crippen LogP contribution is -2.55. The van der Waals surface area contributed by atoms with Gasteiger partial charge in [0.1, 0.15) is 5.60 Å². The summed E-state index contributed by atoms with van der Waals surface area (Å²) in [6.07, 6.45) is -2.22. The number of carboxylic acids is 1. The number of hydrogen-bond acceptors (Lipinski definition) is 3. The van der Waals surface area contributed by atoms with Gasteiger partial charge in [-0.05, 0) is 33.6 Å². The summed E-state index contributed by atoms with van der Waals surface area (Å²) in [5.74, 6) is -2.71. The first-order valence-corrected chi connectivity index (χ1v) is 7.07. The third-order valence-corrected chi connectivity index (χ3v) is 3.65. The molecule has 7 heteroatoms. The maximum Gasteiger partial charge on any atom is 0.408 e. The van der Waals surface area contributed by atoms with E-state index >= 15 is 0 Å². The summed E-state index contributed by atoms with van der Waals surface area (Å²) in [5, 5.41) is 11.4. The van der Waals surface area contributed by atoms with Crippen LogP contribution in [0.5, 0.6) is 0 Å². The zero-order valence-electron chi connectivity index (χ0n) is 12.6. The molecule has 1 aliphatic rings. The van der Waals surface area contributed by atoms with Crippen molar-refractivity contribution >= 4 is 12.1 Å². The van der Waals surface area contributed by atoms with Gasteiger partial charge in [-0.3, -0.25) is 4.79 Å². The molecule has 0 saturated heterocycles. The van der Waals surface area contributed by atoms with Crippen molar-refractivity contribution in [1.29, 1.82) is 0 Å². The monoisotopic (exact) mass is 307 g/mol. The zero-order chi connectivity index (χ0) is 16.3. The molecule has 1 saturated carbocycles. The zero-order valence-corrected chi connectivity index (χ0v) is 12.6. The van der Waals surface area contributed by atoms with Crippen LogP contribution in [0.2, 0.25) is 0 Å². The van der Waals surface area contributed by atoms with Gasteiger partial charge in [0.25, 0.3) is 0 Å². The number of rotatable bonds is 5. The summed E-state index contributed by atoms with van der Waals surface area (Å²) in [4.78, 5) is 22.8. The van der Waals surface area contributed by atoms with Gasteiger partial charge in [-0.15, -0.1) is 0 Å². The van der Waals surface area contributed by atoms with E-state index in [0.29, 0.717) is 25.7 Å². The van der Waals surface area contributed by atoms with Crippen molar-refractivity contribution in [3.8, 4) is 0 Å². The Bertz CT molecular complexity index is 387. The normalized spacial score (nSPS) is 19.3. The van der Waals surface area contributed by atoms with Crippen LogP contribution < -0.4 is 5.32 Å². The number of alkyl carbamates (subject to hydrolysis) is 1. The number of amides is 1. The Morgan fingerprint density at radius 1 is 1.29 bits per heavy atom. The van der Waals surface area contributed by atoms with Crippen LogP contribution in [0.4, 0.5) is 13.6 Å². The van der Waals surface area contributed by atoms with Gasteiger partial charge < -0.3 is 15.2 Å². The van der Waals surface area contributed by atoms with E-state index in [4.69, 9.17) is 9.84 Å². The third-order valence-electron chi connectivity index (χ3n) is 3.65. The van der Waals surface area contributed by atoms with Gasteiger partial charge in [-0.2, -0.15) is 0 Å². The summed E-state index contributed by atoms with van der Waals surface area (Å²) >= 11 is 0. The molecular formula is C14H23F2NO4. The maximum atomic E-state index is 13.3. The summed E-state index contributed by atoms with van der Waals surface area (Å²) in [7, 11) is 0. The van der Waals surface area contributed by atoms with E-state index in [1.54, 1.807) is 20.8 Å². The number of aliphatic carboxylic acids is 1. The van der Waals surface area contributed by atoms with Crippen LogP contribution >= 0.6 is 0 Å². The minimum absolute atomic E-state index is 0.342.